The van der Waals surface area contributed by atoms with Gasteiger partial charge in [-0.1, -0.05) is 19.8 Å². The number of rotatable bonds is 8. The van der Waals surface area contributed by atoms with Crippen molar-refractivity contribution >= 4 is 11.9 Å². The van der Waals surface area contributed by atoms with Crippen LogP contribution in [0, 0.1) is 0 Å². The predicted molar refractivity (Wildman–Crippen MR) is 67.6 cm³/mol. The van der Waals surface area contributed by atoms with Crippen molar-refractivity contribution in [1.29, 1.82) is 0 Å². The summed E-state index contributed by atoms with van der Waals surface area (Å²) in [6, 6.07) is -1.16. The Bertz CT molecular complexity index is 246. The van der Waals surface area contributed by atoms with Crippen LogP contribution >= 0.6 is 0 Å². The fourth-order valence-corrected chi connectivity index (χ4v) is 1.49. The van der Waals surface area contributed by atoms with Crippen molar-refractivity contribution in [1.82, 2.24) is 15.5 Å². The monoisotopic (exact) mass is 244 g/mol. The second-order valence-electron chi connectivity index (χ2n) is 4.07. The summed E-state index contributed by atoms with van der Waals surface area (Å²) < 4.78 is 0. The van der Waals surface area contributed by atoms with Crippen LogP contribution in [0.5, 0.6) is 0 Å². The molecule has 0 aliphatic rings. The highest BCUT2D eigenvalue weighted by Gasteiger charge is 2.22. The molecule has 0 heterocycles. The lowest BCUT2D eigenvalue weighted by Crippen LogP contribution is -2.50. The molecule has 0 fully saturated rings. The van der Waals surface area contributed by atoms with Crippen molar-refractivity contribution in [2.45, 2.75) is 32.2 Å². The Kier molecular flexibility index (Phi) is 8.13. The molecule has 0 saturated carbocycles. The van der Waals surface area contributed by atoms with E-state index in [9.17, 15) is 9.59 Å². The zero-order valence-electron chi connectivity index (χ0n) is 11.0. The third-order valence-corrected chi connectivity index (χ3v) is 2.53. The number of primary amides is 1. The molecule has 0 radical (unpaired) electrons. The number of likely N-dealkylation sites (N-methyl/N-ethyl adjacent to an activating group) is 2. The smallest absolute Gasteiger partial charge is 0.312 e. The summed E-state index contributed by atoms with van der Waals surface area (Å²) in [6.07, 6.45) is 2.49. The number of hydrogen-bond donors (Lipinski definition) is 3. The number of unbranched alkanes of at least 4 members (excludes halogenated alkanes) is 1. The molecule has 1 unspecified atom stereocenters. The second-order valence-corrected chi connectivity index (χ2v) is 4.07. The van der Waals surface area contributed by atoms with E-state index in [0.29, 0.717) is 13.0 Å². The van der Waals surface area contributed by atoms with Gasteiger partial charge in [-0.2, -0.15) is 0 Å². The first-order valence-electron chi connectivity index (χ1n) is 5.98. The van der Waals surface area contributed by atoms with Gasteiger partial charge < -0.3 is 21.3 Å². The van der Waals surface area contributed by atoms with Gasteiger partial charge in [0, 0.05) is 20.1 Å². The van der Waals surface area contributed by atoms with Crippen LogP contribution in [0.25, 0.3) is 0 Å². The first-order valence-corrected chi connectivity index (χ1v) is 5.98. The number of carbonyl (C=O) groups is 2. The van der Waals surface area contributed by atoms with Gasteiger partial charge in [0.15, 0.2) is 0 Å². The van der Waals surface area contributed by atoms with E-state index in [-0.39, 0.29) is 5.91 Å². The summed E-state index contributed by atoms with van der Waals surface area (Å²) in [5.74, 6) is -0.0903. The Morgan fingerprint density at radius 3 is 2.53 bits per heavy atom. The molecular weight excluding hydrogens is 220 g/mol. The molecule has 0 aromatic rings. The van der Waals surface area contributed by atoms with Crippen LogP contribution < -0.4 is 16.4 Å². The first kappa shape index (κ1) is 15.7. The first-order chi connectivity index (χ1) is 8.02. The normalized spacial score (nSPS) is 11.9. The molecule has 6 nitrogen and oxygen atoms in total. The molecule has 4 N–H and O–H groups in total. The Hall–Kier alpha value is -1.30. The Labute approximate surface area is 103 Å². The molecule has 0 aromatic carbocycles. The van der Waals surface area contributed by atoms with Crippen molar-refractivity contribution in [2.24, 2.45) is 5.73 Å². The quantitative estimate of drug-likeness (QED) is 0.557. The van der Waals surface area contributed by atoms with Crippen LogP contribution in [0.1, 0.15) is 26.2 Å². The van der Waals surface area contributed by atoms with Gasteiger partial charge in [-0.05, 0) is 13.5 Å². The third kappa shape index (κ3) is 6.78. The van der Waals surface area contributed by atoms with E-state index in [1.165, 1.54) is 0 Å². The Morgan fingerprint density at radius 2 is 2.06 bits per heavy atom. The van der Waals surface area contributed by atoms with E-state index >= 15 is 0 Å². The van der Waals surface area contributed by atoms with Crippen LogP contribution in [0.3, 0.4) is 0 Å². The Morgan fingerprint density at radius 1 is 1.41 bits per heavy atom. The molecule has 6 heteroatoms. The lowest BCUT2D eigenvalue weighted by Gasteiger charge is -2.23. The Balaban J connectivity index is 4.33. The molecule has 0 bridgehead atoms. The van der Waals surface area contributed by atoms with Crippen LogP contribution in [0.2, 0.25) is 0 Å². The number of amides is 3. The summed E-state index contributed by atoms with van der Waals surface area (Å²) in [5.41, 5.74) is 5.07. The zero-order chi connectivity index (χ0) is 13.3. The van der Waals surface area contributed by atoms with Crippen molar-refractivity contribution in [3.8, 4) is 0 Å². The second kappa shape index (κ2) is 8.81. The average molecular weight is 244 g/mol. The van der Waals surface area contributed by atoms with E-state index < -0.39 is 12.1 Å². The van der Waals surface area contributed by atoms with E-state index in [2.05, 4.69) is 10.6 Å². The zero-order valence-corrected chi connectivity index (χ0v) is 11.0. The predicted octanol–water partition coefficient (Wildman–Crippen LogP) is -0.109. The van der Waals surface area contributed by atoms with Crippen LogP contribution in [-0.4, -0.2) is 50.1 Å². The minimum absolute atomic E-state index is 0.0903. The van der Waals surface area contributed by atoms with Gasteiger partial charge in [0.05, 0.1) is 0 Å². The van der Waals surface area contributed by atoms with Crippen LogP contribution in [0.4, 0.5) is 4.79 Å². The van der Waals surface area contributed by atoms with Gasteiger partial charge in [-0.3, -0.25) is 4.79 Å². The maximum Gasteiger partial charge on any atom is 0.312 e. The molecule has 0 aromatic heterocycles. The largest absolute Gasteiger partial charge is 0.352 e. The average Bonchev–Trinajstić information content (AvgIpc) is 2.29. The number of hydrogen-bond acceptors (Lipinski definition) is 3. The summed E-state index contributed by atoms with van der Waals surface area (Å²) in [6.45, 7) is 3.37. The fraction of sp³-hybridized carbons (Fsp3) is 0.818. The molecular formula is C11H24N4O2. The minimum atomic E-state index is -0.651. The lowest BCUT2D eigenvalue weighted by molar-refractivity contribution is -0.132. The van der Waals surface area contributed by atoms with Crippen molar-refractivity contribution in [3.63, 3.8) is 0 Å². The molecule has 1 atom stereocenters. The molecule has 0 spiro atoms. The number of urea groups is 1. The van der Waals surface area contributed by atoms with Gasteiger partial charge >= 0.3 is 6.03 Å². The van der Waals surface area contributed by atoms with E-state index in [0.717, 1.165) is 19.4 Å². The summed E-state index contributed by atoms with van der Waals surface area (Å²) in [4.78, 5) is 24.5. The van der Waals surface area contributed by atoms with Gasteiger partial charge in [-0.15, -0.1) is 0 Å². The summed E-state index contributed by atoms with van der Waals surface area (Å²) in [5, 5.41) is 5.47. The van der Waals surface area contributed by atoms with Crippen LogP contribution in [-0.2, 0) is 4.79 Å². The fourth-order valence-electron chi connectivity index (χ4n) is 1.49. The van der Waals surface area contributed by atoms with E-state index in [1.54, 1.807) is 11.9 Å². The topological polar surface area (TPSA) is 87.5 Å². The van der Waals surface area contributed by atoms with Gasteiger partial charge in [-0.25, -0.2) is 4.79 Å². The molecule has 0 aliphatic heterocycles. The van der Waals surface area contributed by atoms with Gasteiger partial charge in [0.1, 0.15) is 6.04 Å². The van der Waals surface area contributed by atoms with Crippen molar-refractivity contribution in [2.75, 3.05) is 27.2 Å². The number of nitrogens with zero attached hydrogens (tertiary/aromatic N) is 1. The highest BCUT2D eigenvalue weighted by molar-refractivity contribution is 5.86. The van der Waals surface area contributed by atoms with Gasteiger partial charge in [0.25, 0.3) is 0 Å². The maximum absolute atomic E-state index is 12.0. The van der Waals surface area contributed by atoms with Gasteiger partial charge in [0.2, 0.25) is 5.91 Å². The number of nitrogens with one attached hydrogen (secondary N) is 2. The minimum Gasteiger partial charge on any atom is -0.352 e. The highest BCUT2D eigenvalue weighted by Crippen LogP contribution is 2.03. The third-order valence-electron chi connectivity index (χ3n) is 2.53. The molecule has 0 rings (SSSR count). The summed E-state index contributed by atoms with van der Waals surface area (Å²) in [7, 11) is 3.55. The van der Waals surface area contributed by atoms with Crippen molar-refractivity contribution in [3.05, 3.63) is 0 Å². The maximum atomic E-state index is 12.0. The summed E-state index contributed by atoms with van der Waals surface area (Å²) >= 11 is 0. The molecule has 3 amide bonds. The highest BCUT2D eigenvalue weighted by atomic mass is 16.2. The molecule has 17 heavy (non-hydrogen) atoms. The van der Waals surface area contributed by atoms with E-state index in [4.69, 9.17) is 5.73 Å². The molecule has 0 aliphatic carbocycles. The standard InChI is InChI=1S/C11H24N4O2/c1-4-5-6-9(14-11(12)17)10(16)15(3)8-7-13-2/h9,13H,4-8H2,1-3H3,(H3,12,14,17). The van der Waals surface area contributed by atoms with E-state index in [1.807, 2.05) is 14.0 Å². The lowest BCUT2D eigenvalue weighted by atomic mass is 10.1. The van der Waals surface area contributed by atoms with Crippen LogP contribution in [0.15, 0.2) is 0 Å². The van der Waals surface area contributed by atoms with Crippen molar-refractivity contribution < 1.29 is 9.59 Å². The SMILES string of the molecule is CCCCC(NC(N)=O)C(=O)N(C)CCNC. The molecule has 0 saturated heterocycles. The molecule has 100 valence electrons. The number of carbonyl (C=O) groups excluding carboxylic acids is 2. The number of nitrogens with two attached hydrogens (primary N) is 1.